The van der Waals surface area contributed by atoms with Gasteiger partial charge >= 0.3 is 0 Å². The monoisotopic (exact) mass is 236 g/mol. The summed E-state index contributed by atoms with van der Waals surface area (Å²) in [5, 5.41) is 0. The van der Waals surface area contributed by atoms with Crippen LogP contribution in [0.25, 0.3) is 0 Å². The molecule has 0 bridgehead atoms. The largest absolute Gasteiger partial charge is 0.492 e. The number of ketones is 1. The molecule has 0 N–H and O–H groups in total. The average molecular weight is 236 g/mol. The number of pyridine rings is 1. The third kappa shape index (κ3) is 4.95. The minimum absolute atomic E-state index is 0.0594. The Kier molecular flexibility index (Phi) is 5.63. The van der Waals surface area contributed by atoms with Crippen LogP contribution in [0.5, 0.6) is 5.75 Å². The lowest BCUT2D eigenvalue weighted by Gasteiger charge is -2.10. The topological polar surface area (TPSA) is 42.4 Å². The first kappa shape index (κ1) is 13.6. The molecule has 1 aromatic rings. The zero-order chi connectivity index (χ0) is 12.7. The molecule has 0 fully saturated rings. The lowest BCUT2D eigenvalue weighted by molar-refractivity contribution is 0.0983. The van der Waals surface area contributed by atoms with Gasteiger partial charge in [-0.2, -0.15) is 0 Å². The van der Waals surface area contributed by atoms with Crippen molar-refractivity contribution < 1.29 is 9.53 Å². The fourth-order valence-corrected chi connectivity index (χ4v) is 1.38. The maximum atomic E-state index is 11.4. The van der Waals surface area contributed by atoms with Crippen LogP contribution in [0.3, 0.4) is 0 Å². The smallest absolute Gasteiger partial charge is 0.180 e. The summed E-state index contributed by atoms with van der Waals surface area (Å²) in [6, 6.07) is 3.51. The first-order valence-corrected chi connectivity index (χ1v) is 5.90. The number of rotatable bonds is 7. The Morgan fingerprint density at radius 1 is 1.41 bits per heavy atom. The zero-order valence-corrected chi connectivity index (χ0v) is 10.8. The molecule has 4 nitrogen and oxygen atoms in total. The van der Waals surface area contributed by atoms with Crippen molar-refractivity contribution >= 4 is 5.78 Å². The Bertz CT molecular complexity index is 347. The minimum Gasteiger partial charge on any atom is -0.492 e. The second kappa shape index (κ2) is 7.01. The van der Waals surface area contributed by atoms with Gasteiger partial charge in [-0.3, -0.25) is 4.79 Å². The van der Waals surface area contributed by atoms with Gasteiger partial charge in [-0.05, 0) is 32.6 Å². The molecule has 1 heterocycles. The summed E-state index contributed by atoms with van der Waals surface area (Å²) in [5.74, 6) is 0.778. The molecule has 0 saturated heterocycles. The highest BCUT2D eigenvalue weighted by Crippen LogP contribution is 2.10. The van der Waals surface area contributed by atoms with Crippen molar-refractivity contribution in [1.29, 1.82) is 0 Å². The van der Waals surface area contributed by atoms with Crippen LogP contribution >= 0.6 is 0 Å². The lowest BCUT2D eigenvalue weighted by atomic mass is 10.2. The first-order valence-electron chi connectivity index (χ1n) is 5.90. The fraction of sp³-hybridized carbons (Fsp3) is 0.538. The molecule has 0 aromatic carbocycles. The molecule has 0 spiro atoms. The van der Waals surface area contributed by atoms with Crippen LogP contribution in [0.1, 0.15) is 30.3 Å². The van der Waals surface area contributed by atoms with E-state index < -0.39 is 0 Å². The normalized spacial score (nSPS) is 10.6. The van der Waals surface area contributed by atoms with E-state index in [-0.39, 0.29) is 5.78 Å². The van der Waals surface area contributed by atoms with E-state index in [0.717, 1.165) is 18.7 Å². The molecule has 4 heteroatoms. The molecule has 1 rings (SSSR count). The summed E-state index contributed by atoms with van der Waals surface area (Å²) in [6.07, 6.45) is 3.07. The van der Waals surface area contributed by atoms with Crippen molar-refractivity contribution in [1.82, 2.24) is 9.88 Å². The molecule has 1 aromatic heterocycles. The number of ether oxygens (including phenoxy) is 1. The van der Waals surface area contributed by atoms with E-state index in [1.807, 2.05) is 21.0 Å². The van der Waals surface area contributed by atoms with Crippen LogP contribution in [0.2, 0.25) is 0 Å². The van der Waals surface area contributed by atoms with Gasteiger partial charge < -0.3 is 9.64 Å². The van der Waals surface area contributed by atoms with Crippen LogP contribution in [0.4, 0.5) is 0 Å². The Balaban J connectivity index is 2.38. The molecule has 0 aliphatic heterocycles. The Labute approximate surface area is 103 Å². The standard InChI is InChI=1S/C13H20N2O2/c1-4-13(16)12-7-6-11(10-14-12)17-9-5-8-15(2)3/h6-7,10H,4-5,8-9H2,1-3H3. The van der Waals surface area contributed by atoms with Gasteiger partial charge in [0, 0.05) is 13.0 Å². The summed E-state index contributed by atoms with van der Waals surface area (Å²) in [6.45, 7) is 3.50. The molecular weight excluding hydrogens is 216 g/mol. The van der Waals surface area contributed by atoms with Gasteiger partial charge in [0.25, 0.3) is 0 Å². The van der Waals surface area contributed by atoms with E-state index in [9.17, 15) is 4.79 Å². The molecule has 0 saturated carbocycles. The molecule has 0 radical (unpaired) electrons. The van der Waals surface area contributed by atoms with E-state index in [1.54, 1.807) is 18.3 Å². The van der Waals surface area contributed by atoms with Gasteiger partial charge in [-0.1, -0.05) is 6.92 Å². The third-order valence-electron chi connectivity index (χ3n) is 2.36. The zero-order valence-electron chi connectivity index (χ0n) is 10.8. The second-order valence-electron chi connectivity index (χ2n) is 4.16. The molecule has 0 aliphatic rings. The van der Waals surface area contributed by atoms with Crippen LogP contribution in [-0.4, -0.2) is 42.9 Å². The Morgan fingerprint density at radius 2 is 2.18 bits per heavy atom. The minimum atomic E-state index is 0.0594. The number of carbonyl (C=O) groups excluding carboxylic acids is 1. The number of aromatic nitrogens is 1. The van der Waals surface area contributed by atoms with Crippen molar-refractivity contribution in [3.05, 3.63) is 24.0 Å². The molecule has 0 unspecified atom stereocenters. The summed E-state index contributed by atoms with van der Waals surface area (Å²) in [5.41, 5.74) is 0.508. The van der Waals surface area contributed by atoms with E-state index in [0.29, 0.717) is 18.7 Å². The SMILES string of the molecule is CCC(=O)c1ccc(OCCCN(C)C)cn1. The van der Waals surface area contributed by atoms with Crippen molar-refractivity contribution in [3.63, 3.8) is 0 Å². The predicted molar refractivity (Wildman–Crippen MR) is 67.5 cm³/mol. The van der Waals surface area contributed by atoms with Crippen molar-refractivity contribution in [2.24, 2.45) is 0 Å². The summed E-state index contributed by atoms with van der Waals surface area (Å²) >= 11 is 0. The van der Waals surface area contributed by atoms with Crippen LogP contribution < -0.4 is 4.74 Å². The number of hydrogen-bond acceptors (Lipinski definition) is 4. The van der Waals surface area contributed by atoms with Gasteiger partial charge in [-0.15, -0.1) is 0 Å². The second-order valence-corrected chi connectivity index (χ2v) is 4.16. The predicted octanol–water partition coefficient (Wildman–Crippen LogP) is 2.00. The molecule has 0 amide bonds. The number of Topliss-reactive ketones (excluding diaryl/α,β-unsaturated/α-hetero) is 1. The van der Waals surface area contributed by atoms with Crippen molar-refractivity contribution in [2.75, 3.05) is 27.2 Å². The Hall–Kier alpha value is -1.42. The highest BCUT2D eigenvalue weighted by molar-refractivity contribution is 5.93. The van der Waals surface area contributed by atoms with E-state index in [1.165, 1.54) is 0 Å². The van der Waals surface area contributed by atoms with Gasteiger partial charge in [0.15, 0.2) is 5.78 Å². The summed E-state index contributed by atoms with van der Waals surface area (Å²) < 4.78 is 5.52. The number of hydrogen-bond donors (Lipinski definition) is 0. The van der Waals surface area contributed by atoms with Gasteiger partial charge in [0.1, 0.15) is 11.4 Å². The maximum Gasteiger partial charge on any atom is 0.180 e. The fourth-order valence-electron chi connectivity index (χ4n) is 1.38. The first-order chi connectivity index (χ1) is 8.13. The molecule has 0 aliphatic carbocycles. The van der Waals surface area contributed by atoms with E-state index in [4.69, 9.17) is 4.74 Å². The molecular formula is C13H20N2O2. The quantitative estimate of drug-likeness (QED) is 0.536. The number of nitrogens with zero attached hydrogens (tertiary/aromatic N) is 2. The molecule has 94 valence electrons. The van der Waals surface area contributed by atoms with E-state index >= 15 is 0 Å². The van der Waals surface area contributed by atoms with Gasteiger partial charge in [0.2, 0.25) is 0 Å². The number of carbonyl (C=O) groups is 1. The van der Waals surface area contributed by atoms with Crippen molar-refractivity contribution in [3.8, 4) is 5.75 Å². The highest BCUT2D eigenvalue weighted by Gasteiger charge is 2.04. The van der Waals surface area contributed by atoms with E-state index in [2.05, 4.69) is 9.88 Å². The lowest BCUT2D eigenvalue weighted by Crippen LogP contribution is -2.15. The molecule has 17 heavy (non-hydrogen) atoms. The third-order valence-corrected chi connectivity index (χ3v) is 2.36. The van der Waals surface area contributed by atoms with Crippen LogP contribution in [0.15, 0.2) is 18.3 Å². The molecule has 0 atom stereocenters. The van der Waals surface area contributed by atoms with Gasteiger partial charge in [0.05, 0.1) is 12.8 Å². The highest BCUT2D eigenvalue weighted by atomic mass is 16.5. The van der Waals surface area contributed by atoms with Crippen molar-refractivity contribution in [2.45, 2.75) is 19.8 Å². The summed E-state index contributed by atoms with van der Waals surface area (Å²) in [4.78, 5) is 17.5. The maximum absolute atomic E-state index is 11.4. The van der Waals surface area contributed by atoms with Gasteiger partial charge in [-0.25, -0.2) is 4.98 Å². The Morgan fingerprint density at radius 3 is 2.71 bits per heavy atom. The van der Waals surface area contributed by atoms with Crippen LogP contribution in [-0.2, 0) is 0 Å². The average Bonchev–Trinajstić information content (AvgIpc) is 2.34. The summed E-state index contributed by atoms with van der Waals surface area (Å²) in [7, 11) is 4.07. The van der Waals surface area contributed by atoms with Crippen LogP contribution in [0, 0.1) is 0 Å².